The molecule has 0 aliphatic rings. The maximum absolute atomic E-state index is 5.95. The zero-order chi connectivity index (χ0) is 12.8. The quantitative estimate of drug-likeness (QED) is 0.819. The molecule has 2 heteroatoms. The highest BCUT2D eigenvalue weighted by Gasteiger charge is 2.20. The molecule has 1 aromatic carbocycles. The Bertz CT molecular complexity index is 349. The van der Waals surface area contributed by atoms with E-state index in [1.807, 2.05) is 6.07 Å². The number of hydrogen-bond donors (Lipinski definition) is 1. The molecule has 1 aromatic rings. The van der Waals surface area contributed by atoms with Gasteiger partial charge in [0.15, 0.2) is 0 Å². The normalized spacial score (nSPS) is 14.4. The minimum Gasteiger partial charge on any atom is -0.496 e. The van der Waals surface area contributed by atoms with Crippen molar-refractivity contribution in [2.24, 2.45) is 11.7 Å². The van der Waals surface area contributed by atoms with Crippen molar-refractivity contribution in [2.45, 2.75) is 39.5 Å². The molecule has 0 heterocycles. The van der Waals surface area contributed by atoms with Crippen LogP contribution in [0.1, 0.15) is 43.7 Å². The molecule has 0 radical (unpaired) electrons. The highest BCUT2D eigenvalue weighted by atomic mass is 16.5. The third-order valence-corrected chi connectivity index (χ3v) is 3.47. The van der Waals surface area contributed by atoms with Crippen LogP contribution in [-0.2, 0) is 0 Å². The van der Waals surface area contributed by atoms with Gasteiger partial charge in [0.05, 0.1) is 7.11 Å². The van der Waals surface area contributed by atoms with Crippen LogP contribution in [0, 0.1) is 12.8 Å². The van der Waals surface area contributed by atoms with Gasteiger partial charge in [0, 0.05) is 5.92 Å². The number of methoxy groups -OCH3 is 1. The molecule has 0 aliphatic heterocycles. The molecule has 2 atom stereocenters. The molecule has 0 bridgehead atoms. The molecule has 1 rings (SSSR count). The largest absolute Gasteiger partial charge is 0.496 e. The number of nitrogens with two attached hydrogens (primary N) is 1. The third kappa shape index (κ3) is 3.47. The smallest absolute Gasteiger partial charge is 0.122 e. The van der Waals surface area contributed by atoms with Crippen LogP contribution in [0.15, 0.2) is 18.2 Å². The van der Waals surface area contributed by atoms with Crippen molar-refractivity contribution in [1.29, 1.82) is 0 Å². The average molecular weight is 235 g/mol. The second kappa shape index (κ2) is 6.65. The van der Waals surface area contributed by atoms with Gasteiger partial charge in [-0.1, -0.05) is 44.4 Å². The summed E-state index contributed by atoms with van der Waals surface area (Å²) >= 11 is 0. The lowest BCUT2D eigenvalue weighted by molar-refractivity contribution is 0.381. The van der Waals surface area contributed by atoms with Gasteiger partial charge in [-0.05, 0) is 31.0 Å². The minimum atomic E-state index is 0.393. The van der Waals surface area contributed by atoms with Crippen molar-refractivity contribution in [2.75, 3.05) is 13.7 Å². The Balaban J connectivity index is 3.05. The average Bonchev–Trinajstić information content (AvgIpc) is 2.31. The van der Waals surface area contributed by atoms with E-state index in [0.717, 1.165) is 5.75 Å². The van der Waals surface area contributed by atoms with Crippen molar-refractivity contribution >= 4 is 0 Å². The second-order valence-electron chi connectivity index (χ2n) is 4.85. The van der Waals surface area contributed by atoms with E-state index < -0.39 is 0 Å². The zero-order valence-corrected chi connectivity index (χ0v) is 11.5. The van der Waals surface area contributed by atoms with Crippen LogP contribution < -0.4 is 10.5 Å². The van der Waals surface area contributed by atoms with Crippen molar-refractivity contribution in [3.05, 3.63) is 29.3 Å². The number of aryl methyl sites for hydroxylation is 1. The molecule has 96 valence electrons. The van der Waals surface area contributed by atoms with Crippen LogP contribution >= 0.6 is 0 Å². The fraction of sp³-hybridized carbons (Fsp3) is 0.600. The molecule has 17 heavy (non-hydrogen) atoms. The van der Waals surface area contributed by atoms with E-state index in [1.165, 1.54) is 24.0 Å². The lowest BCUT2D eigenvalue weighted by atomic mass is 9.83. The Morgan fingerprint density at radius 3 is 2.59 bits per heavy atom. The van der Waals surface area contributed by atoms with Crippen LogP contribution in [0.5, 0.6) is 5.75 Å². The van der Waals surface area contributed by atoms with E-state index in [2.05, 4.69) is 32.9 Å². The first-order valence-corrected chi connectivity index (χ1v) is 6.48. The topological polar surface area (TPSA) is 35.2 Å². The first kappa shape index (κ1) is 14.0. The fourth-order valence-electron chi connectivity index (χ4n) is 2.47. The molecule has 0 saturated heterocycles. The van der Waals surface area contributed by atoms with Crippen LogP contribution in [-0.4, -0.2) is 13.7 Å². The van der Waals surface area contributed by atoms with Crippen LogP contribution in [0.4, 0.5) is 0 Å². The first-order chi connectivity index (χ1) is 8.13. The van der Waals surface area contributed by atoms with Crippen molar-refractivity contribution in [1.82, 2.24) is 0 Å². The summed E-state index contributed by atoms with van der Waals surface area (Å²) in [6.07, 6.45) is 2.41. The molecule has 0 saturated carbocycles. The van der Waals surface area contributed by atoms with E-state index in [-0.39, 0.29) is 0 Å². The van der Waals surface area contributed by atoms with E-state index in [9.17, 15) is 0 Å². The Labute approximate surface area is 105 Å². The van der Waals surface area contributed by atoms with Crippen molar-refractivity contribution in [3.8, 4) is 5.75 Å². The summed E-state index contributed by atoms with van der Waals surface area (Å²) in [4.78, 5) is 0. The van der Waals surface area contributed by atoms with E-state index in [0.29, 0.717) is 18.4 Å². The van der Waals surface area contributed by atoms with Gasteiger partial charge in [-0.25, -0.2) is 0 Å². The first-order valence-electron chi connectivity index (χ1n) is 6.48. The molecule has 0 spiro atoms. The van der Waals surface area contributed by atoms with Crippen molar-refractivity contribution in [3.63, 3.8) is 0 Å². The molecule has 0 aromatic heterocycles. The van der Waals surface area contributed by atoms with Gasteiger partial charge in [-0.15, -0.1) is 0 Å². The predicted octanol–water partition coefficient (Wildman–Crippen LogP) is 3.48. The zero-order valence-electron chi connectivity index (χ0n) is 11.5. The molecular weight excluding hydrogens is 210 g/mol. The molecule has 2 unspecified atom stereocenters. The second-order valence-corrected chi connectivity index (χ2v) is 4.85. The summed E-state index contributed by atoms with van der Waals surface area (Å²) < 4.78 is 5.46. The minimum absolute atomic E-state index is 0.393. The van der Waals surface area contributed by atoms with Gasteiger partial charge in [0.1, 0.15) is 5.75 Å². The van der Waals surface area contributed by atoms with Crippen LogP contribution in [0.3, 0.4) is 0 Å². The molecule has 0 aliphatic carbocycles. The lowest BCUT2D eigenvalue weighted by Crippen LogP contribution is -2.20. The Hall–Kier alpha value is -1.02. The van der Waals surface area contributed by atoms with Gasteiger partial charge < -0.3 is 10.5 Å². The lowest BCUT2D eigenvalue weighted by Gasteiger charge is -2.24. The maximum Gasteiger partial charge on any atom is 0.122 e. The van der Waals surface area contributed by atoms with Gasteiger partial charge in [0.25, 0.3) is 0 Å². The summed E-state index contributed by atoms with van der Waals surface area (Å²) in [7, 11) is 1.73. The van der Waals surface area contributed by atoms with Gasteiger partial charge in [-0.3, -0.25) is 0 Å². The summed E-state index contributed by atoms with van der Waals surface area (Å²) in [5, 5.41) is 0. The summed E-state index contributed by atoms with van der Waals surface area (Å²) in [6, 6.07) is 6.34. The Morgan fingerprint density at radius 2 is 2.06 bits per heavy atom. The number of hydrogen-bond acceptors (Lipinski definition) is 2. The number of benzene rings is 1. The van der Waals surface area contributed by atoms with E-state index >= 15 is 0 Å². The van der Waals surface area contributed by atoms with Crippen LogP contribution in [0.2, 0.25) is 0 Å². The SMILES string of the molecule is CCCC(C)C(CN)c1cc(C)ccc1OC. The summed E-state index contributed by atoms with van der Waals surface area (Å²) in [5.74, 6) is 1.96. The molecular formula is C15H25NO. The molecule has 2 nitrogen and oxygen atoms in total. The van der Waals surface area contributed by atoms with Gasteiger partial charge in [0.2, 0.25) is 0 Å². The monoisotopic (exact) mass is 235 g/mol. The predicted molar refractivity (Wildman–Crippen MR) is 73.6 cm³/mol. The standard InChI is InChI=1S/C15H25NO/c1-5-6-12(3)14(10-16)13-9-11(2)7-8-15(13)17-4/h7-9,12,14H,5-6,10,16H2,1-4H3. The molecule has 0 amide bonds. The van der Waals surface area contributed by atoms with E-state index in [1.54, 1.807) is 7.11 Å². The highest BCUT2D eigenvalue weighted by Crippen LogP contribution is 2.33. The fourth-order valence-corrected chi connectivity index (χ4v) is 2.47. The molecule has 2 N–H and O–H groups in total. The summed E-state index contributed by atoms with van der Waals surface area (Å²) in [6.45, 7) is 7.29. The summed E-state index contributed by atoms with van der Waals surface area (Å²) in [5.41, 5.74) is 8.48. The van der Waals surface area contributed by atoms with Gasteiger partial charge in [-0.2, -0.15) is 0 Å². The number of rotatable bonds is 6. The number of ether oxygens (including phenoxy) is 1. The van der Waals surface area contributed by atoms with E-state index in [4.69, 9.17) is 10.5 Å². The van der Waals surface area contributed by atoms with Gasteiger partial charge >= 0.3 is 0 Å². The highest BCUT2D eigenvalue weighted by molar-refractivity contribution is 5.40. The Morgan fingerprint density at radius 1 is 1.35 bits per heavy atom. The van der Waals surface area contributed by atoms with Crippen LogP contribution in [0.25, 0.3) is 0 Å². The maximum atomic E-state index is 5.95. The third-order valence-electron chi connectivity index (χ3n) is 3.47. The van der Waals surface area contributed by atoms with Crippen molar-refractivity contribution < 1.29 is 4.74 Å². The molecule has 0 fully saturated rings. The Kier molecular flexibility index (Phi) is 5.49.